The highest BCUT2D eigenvalue weighted by molar-refractivity contribution is 6.30. The molecule has 3 rings (SSSR count). The van der Waals surface area contributed by atoms with Crippen molar-refractivity contribution in [1.29, 1.82) is 0 Å². The molecule has 0 saturated carbocycles. The third kappa shape index (κ3) is 2.64. The van der Waals surface area contributed by atoms with E-state index in [0.29, 0.717) is 22.6 Å². The van der Waals surface area contributed by atoms with Crippen molar-refractivity contribution in [2.75, 3.05) is 12.0 Å². The van der Waals surface area contributed by atoms with Gasteiger partial charge in [0, 0.05) is 36.0 Å². The van der Waals surface area contributed by atoms with E-state index < -0.39 is 5.92 Å². The van der Waals surface area contributed by atoms with Gasteiger partial charge < -0.3 is 9.64 Å². The van der Waals surface area contributed by atoms with Crippen LogP contribution in [0.1, 0.15) is 0 Å². The molecule has 8 heteroatoms. The van der Waals surface area contributed by atoms with Crippen LogP contribution in [0, 0.1) is 0 Å². The summed E-state index contributed by atoms with van der Waals surface area (Å²) in [4.78, 5) is 5.54. The second-order valence-corrected chi connectivity index (χ2v) is 4.69. The first-order chi connectivity index (χ1) is 9.98. The first-order valence-corrected chi connectivity index (χ1v) is 6.29. The molecule has 5 nitrogen and oxygen atoms in total. The number of pyridine rings is 1. The summed E-state index contributed by atoms with van der Waals surface area (Å²) >= 11 is 5.97. The van der Waals surface area contributed by atoms with Crippen LogP contribution in [0.3, 0.4) is 0 Å². The van der Waals surface area contributed by atoms with Crippen LogP contribution in [0.5, 0.6) is 5.88 Å². The number of methoxy groups -OCH3 is 1. The molecule has 0 saturated heterocycles. The lowest BCUT2D eigenvalue weighted by Crippen LogP contribution is -2.20. The zero-order valence-corrected chi connectivity index (χ0v) is 11.6. The van der Waals surface area contributed by atoms with E-state index in [1.807, 2.05) is 0 Å². The number of fused-ring (bicyclic) bond motifs is 1. The third-order valence-corrected chi connectivity index (χ3v) is 3.06. The van der Waals surface area contributed by atoms with Gasteiger partial charge in [-0.3, -0.25) is 0 Å². The van der Waals surface area contributed by atoms with Crippen LogP contribution < -0.4 is 9.64 Å². The van der Waals surface area contributed by atoms with Crippen molar-refractivity contribution in [1.82, 2.24) is 15.2 Å². The van der Waals surface area contributed by atoms with Crippen molar-refractivity contribution in [2.45, 2.75) is 5.92 Å². The third-order valence-electron chi connectivity index (χ3n) is 2.87. The molecular weight excluding hydrogens is 302 g/mol. The Morgan fingerprint density at radius 1 is 1.19 bits per heavy atom. The maximum Gasteiger partial charge on any atom is 0.288 e. The minimum Gasteiger partial charge on any atom is -0.480 e. The van der Waals surface area contributed by atoms with Gasteiger partial charge in [0.25, 0.3) is 5.92 Å². The van der Waals surface area contributed by atoms with E-state index in [1.165, 1.54) is 24.4 Å². The predicted octanol–water partition coefficient (Wildman–Crippen LogP) is 3.17. The van der Waals surface area contributed by atoms with E-state index in [9.17, 15) is 8.78 Å². The van der Waals surface area contributed by atoms with Crippen LogP contribution >= 0.6 is 11.6 Å². The van der Waals surface area contributed by atoms with Gasteiger partial charge in [-0.15, -0.1) is 10.2 Å². The second-order valence-electron chi connectivity index (χ2n) is 4.31. The Kier molecular flexibility index (Phi) is 3.21. The molecule has 0 spiro atoms. The van der Waals surface area contributed by atoms with Gasteiger partial charge in [-0.2, -0.15) is 8.78 Å². The smallest absolute Gasteiger partial charge is 0.288 e. The first-order valence-electron chi connectivity index (χ1n) is 5.91. The number of aromatic nitrogens is 3. The minimum atomic E-state index is -2.97. The summed E-state index contributed by atoms with van der Waals surface area (Å²) in [5.41, 5.74) is 0.430. The molecule has 0 N–H and O–H groups in total. The maximum atomic E-state index is 13.1. The van der Waals surface area contributed by atoms with Crippen LogP contribution in [-0.2, 0) is 0 Å². The number of hydrogen-bond acceptors (Lipinski definition) is 5. The van der Waals surface area contributed by atoms with Crippen molar-refractivity contribution < 1.29 is 13.5 Å². The predicted molar refractivity (Wildman–Crippen MR) is 74.6 cm³/mol. The number of nitrogens with zero attached hydrogens (tertiary/aromatic N) is 4. The Balaban J connectivity index is 2.13. The second kappa shape index (κ2) is 4.92. The highest BCUT2D eigenvalue weighted by Crippen LogP contribution is 2.30. The van der Waals surface area contributed by atoms with Crippen LogP contribution in [0.15, 0.2) is 36.7 Å². The Labute approximate surface area is 123 Å². The van der Waals surface area contributed by atoms with Gasteiger partial charge in [-0.1, -0.05) is 11.6 Å². The lowest BCUT2D eigenvalue weighted by atomic mass is 10.2. The van der Waals surface area contributed by atoms with Crippen molar-refractivity contribution in [2.24, 2.45) is 0 Å². The molecule has 2 aromatic rings. The van der Waals surface area contributed by atoms with Gasteiger partial charge in [0.15, 0.2) is 5.82 Å². The van der Waals surface area contributed by atoms with Gasteiger partial charge in [-0.25, -0.2) is 4.98 Å². The fourth-order valence-electron chi connectivity index (χ4n) is 1.87. The molecule has 0 bridgehead atoms. The highest BCUT2D eigenvalue weighted by atomic mass is 35.5. The number of halogens is 3. The summed E-state index contributed by atoms with van der Waals surface area (Å²) in [5, 5.41) is 8.74. The van der Waals surface area contributed by atoms with Crippen LogP contribution in [0.4, 0.5) is 14.6 Å². The van der Waals surface area contributed by atoms with Crippen molar-refractivity contribution in [3.05, 3.63) is 41.8 Å². The molecule has 0 radical (unpaired) electrons. The normalized spacial score (nSPS) is 16.5. The number of alkyl halides is 2. The zero-order chi connectivity index (χ0) is 15.0. The molecule has 21 heavy (non-hydrogen) atoms. The van der Waals surface area contributed by atoms with Crippen molar-refractivity contribution >= 4 is 28.3 Å². The number of ether oxygens (including phenoxy) is 1. The summed E-state index contributed by atoms with van der Waals surface area (Å²) in [6.45, 7) is 0. The summed E-state index contributed by atoms with van der Waals surface area (Å²) < 4.78 is 31.2. The molecule has 0 unspecified atom stereocenters. The molecule has 0 aliphatic carbocycles. The topological polar surface area (TPSA) is 51.1 Å². The molecule has 3 heterocycles. The van der Waals surface area contributed by atoms with E-state index in [2.05, 4.69) is 15.2 Å². The van der Waals surface area contributed by atoms with Crippen LogP contribution in [0.2, 0.25) is 5.15 Å². The van der Waals surface area contributed by atoms with Crippen LogP contribution in [-0.4, -0.2) is 28.2 Å². The quantitative estimate of drug-likeness (QED) is 0.797. The molecule has 0 atom stereocenters. The average molecular weight is 311 g/mol. The van der Waals surface area contributed by atoms with E-state index in [4.69, 9.17) is 16.3 Å². The largest absolute Gasteiger partial charge is 0.480 e. The van der Waals surface area contributed by atoms with Crippen LogP contribution in [0.25, 0.3) is 10.9 Å². The van der Waals surface area contributed by atoms with E-state index in [-0.39, 0.29) is 5.15 Å². The first kappa shape index (κ1) is 13.7. The molecular formula is C13H9ClF2N4O. The fourth-order valence-corrected chi connectivity index (χ4v) is 2.07. The van der Waals surface area contributed by atoms with Gasteiger partial charge >= 0.3 is 0 Å². The summed E-state index contributed by atoms with van der Waals surface area (Å²) in [7, 11) is 1.47. The molecule has 108 valence electrons. The average Bonchev–Trinajstić information content (AvgIpc) is 2.45. The van der Waals surface area contributed by atoms with Gasteiger partial charge in [0.2, 0.25) is 5.88 Å². The zero-order valence-electron chi connectivity index (χ0n) is 10.8. The lowest BCUT2D eigenvalue weighted by Gasteiger charge is -2.21. The van der Waals surface area contributed by atoms with E-state index in [1.54, 1.807) is 12.1 Å². The molecule has 2 aromatic heterocycles. The summed E-state index contributed by atoms with van der Waals surface area (Å²) in [6, 6.07) is 3.24. The van der Waals surface area contributed by atoms with Gasteiger partial charge in [0.1, 0.15) is 10.7 Å². The SMILES string of the molecule is COc1cc2cc(Cl)nc(N3C=CC(F)(F)C=C3)c2nn1. The van der Waals surface area contributed by atoms with Gasteiger partial charge in [0.05, 0.1) is 7.11 Å². The number of hydrogen-bond donors (Lipinski definition) is 0. The summed E-state index contributed by atoms with van der Waals surface area (Å²) in [6.07, 6.45) is 3.95. The fraction of sp³-hybridized carbons (Fsp3) is 0.154. The molecule has 0 amide bonds. The maximum absolute atomic E-state index is 13.1. The van der Waals surface area contributed by atoms with Crippen molar-refractivity contribution in [3.63, 3.8) is 0 Å². The minimum absolute atomic E-state index is 0.215. The lowest BCUT2D eigenvalue weighted by molar-refractivity contribution is 0.109. The molecule has 0 fully saturated rings. The Morgan fingerprint density at radius 2 is 1.90 bits per heavy atom. The Hall–Kier alpha value is -2.28. The Morgan fingerprint density at radius 3 is 2.57 bits per heavy atom. The Bertz CT molecular complexity index is 747. The molecule has 0 aromatic carbocycles. The number of rotatable bonds is 2. The number of allylic oxidation sites excluding steroid dienone is 2. The number of anilines is 1. The van der Waals surface area contributed by atoms with E-state index >= 15 is 0 Å². The molecule has 1 aliphatic rings. The standard InChI is InChI=1S/C13H9ClF2N4O/c1-21-10-7-8-6-9(14)17-12(11(8)19-18-10)20-4-2-13(15,16)3-5-20/h2-7H,1H3. The molecule has 1 aliphatic heterocycles. The highest BCUT2D eigenvalue weighted by Gasteiger charge is 2.25. The van der Waals surface area contributed by atoms with E-state index in [0.717, 1.165) is 12.2 Å². The summed E-state index contributed by atoms with van der Waals surface area (Å²) in [5.74, 6) is -2.33. The van der Waals surface area contributed by atoms with Gasteiger partial charge in [-0.05, 0) is 6.07 Å². The monoisotopic (exact) mass is 310 g/mol. The van der Waals surface area contributed by atoms with Crippen molar-refractivity contribution in [3.8, 4) is 5.88 Å².